The van der Waals surface area contributed by atoms with Crippen LogP contribution in [-0.2, 0) is 6.42 Å². The van der Waals surface area contributed by atoms with Crippen LogP contribution in [0.1, 0.15) is 30.0 Å². The molecule has 0 amide bonds. The van der Waals surface area contributed by atoms with Crippen molar-refractivity contribution in [2.45, 2.75) is 20.3 Å². The number of carbonyl (C=O) groups is 1. The van der Waals surface area contributed by atoms with E-state index in [4.69, 9.17) is 0 Å². The van der Waals surface area contributed by atoms with Crippen molar-refractivity contribution in [2.75, 3.05) is 0 Å². The van der Waals surface area contributed by atoms with Crippen LogP contribution in [0.15, 0.2) is 18.2 Å². The highest BCUT2D eigenvalue weighted by atomic mass is 16.1. The van der Waals surface area contributed by atoms with E-state index in [-0.39, 0.29) is 5.78 Å². The molecule has 2 rings (SSSR count). The molecule has 3 nitrogen and oxygen atoms in total. The topological polar surface area (TPSA) is 45.8 Å². The number of nitrogens with one attached hydrogen (secondary N) is 1. The summed E-state index contributed by atoms with van der Waals surface area (Å²) in [4.78, 5) is 18.4. The fourth-order valence-corrected chi connectivity index (χ4v) is 1.54. The van der Waals surface area contributed by atoms with Crippen molar-refractivity contribution in [3.63, 3.8) is 0 Å². The number of hydrogen-bond donors (Lipinski definition) is 1. The number of H-pyrrole nitrogens is 1. The third kappa shape index (κ3) is 1.31. The number of Topliss-reactive ketones (excluding diaryl/α,β-unsaturated/α-hetero) is 1. The SMILES string of the molecule is CCc1cccc2[nH]c(C(C)=O)nc12. The van der Waals surface area contributed by atoms with Crippen LogP contribution in [0.3, 0.4) is 0 Å². The maximum absolute atomic E-state index is 11.1. The van der Waals surface area contributed by atoms with Crippen molar-refractivity contribution >= 4 is 16.8 Å². The van der Waals surface area contributed by atoms with Crippen molar-refractivity contribution < 1.29 is 4.79 Å². The summed E-state index contributed by atoms with van der Waals surface area (Å²) >= 11 is 0. The van der Waals surface area contributed by atoms with Gasteiger partial charge in [-0.2, -0.15) is 0 Å². The minimum Gasteiger partial charge on any atom is -0.335 e. The fourth-order valence-electron chi connectivity index (χ4n) is 1.54. The van der Waals surface area contributed by atoms with E-state index in [1.807, 2.05) is 18.2 Å². The average molecular weight is 188 g/mol. The molecule has 1 aromatic carbocycles. The highest BCUT2D eigenvalue weighted by molar-refractivity contribution is 5.94. The maximum atomic E-state index is 11.1. The summed E-state index contributed by atoms with van der Waals surface area (Å²) in [7, 11) is 0. The number of rotatable bonds is 2. The number of carbonyl (C=O) groups excluding carboxylic acids is 1. The summed E-state index contributed by atoms with van der Waals surface area (Å²) in [6.45, 7) is 3.60. The first kappa shape index (κ1) is 8.94. The van der Waals surface area contributed by atoms with Gasteiger partial charge < -0.3 is 4.98 Å². The molecule has 0 aliphatic heterocycles. The lowest BCUT2D eigenvalue weighted by Gasteiger charge is -1.95. The minimum atomic E-state index is -0.0248. The molecule has 2 aromatic rings. The Hall–Kier alpha value is -1.64. The summed E-state index contributed by atoms with van der Waals surface area (Å²) in [5.41, 5.74) is 3.03. The predicted octanol–water partition coefficient (Wildman–Crippen LogP) is 2.33. The Morgan fingerprint density at radius 1 is 1.50 bits per heavy atom. The Labute approximate surface area is 82.2 Å². The number of benzene rings is 1. The van der Waals surface area contributed by atoms with E-state index in [0.717, 1.165) is 17.5 Å². The van der Waals surface area contributed by atoms with Crippen LogP contribution in [0.25, 0.3) is 11.0 Å². The van der Waals surface area contributed by atoms with Gasteiger partial charge in [0.25, 0.3) is 0 Å². The third-order valence-electron chi connectivity index (χ3n) is 2.31. The standard InChI is InChI=1S/C11H12N2O/c1-3-8-5-4-6-9-10(8)13-11(12-9)7(2)14/h4-6H,3H2,1-2H3,(H,12,13). The summed E-state index contributed by atoms with van der Waals surface area (Å²) < 4.78 is 0. The van der Waals surface area contributed by atoms with E-state index >= 15 is 0 Å². The van der Waals surface area contributed by atoms with Crippen molar-refractivity contribution in [1.29, 1.82) is 0 Å². The van der Waals surface area contributed by atoms with Crippen molar-refractivity contribution in [3.8, 4) is 0 Å². The number of para-hydroxylation sites is 1. The smallest absolute Gasteiger partial charge is 0.195 e. The minimum absolute atomic E-state index is 0.0248. The van der Waals surface area contributed by atoms with Gasteiger partial charge in [0.05, 0.1) is 11.0 Å². The average Bonchev–Trinajstić information content (AvgIpc) is 2.60. The molecule has 1 heterocycles. The molecule has 14 heavy (non-hydrogen) atoms. The normalized spacial score (nSPS) is 10.7. The van der Waals surface area contributed by atoms with Gasteiger partial charge in [0.1, 0.15) is 0 Å². The van der Waals surface area contributed by atoms with E-state index in [9.17, 15) is 4.79 Å². The van der Waals surface area contributed by atoms with Crippen LogP contribution >= 0.6 is 0 Å². The molecule has 0 aliphatic carbocycles. The molecular weight excluding hydrogens is 176 g/mol. The lowest BCUT2D eigenvalue weighted by atomic mass is 10.1. The largest absolute Gasteiger partial charge is 0.335 e. The lowest BCUT2D eigenvalue weighted by molar-refractivity contribution is 0.100. The van der Waals surface area contributed by atoms with Gasteiger partial charge >= 0.3 is 0 Å². The second-order valence-corrected chi connectivity index (χ2v) is 3.31. The fraction of sp³-hybridized carbons (Fsp3) is 0.273. The van der Waals surface area contributed by atoms with E-state index in [2.05, 4.69) is 16.9 Å². The first-order valence-corrected chi connectivity index (χ1v) is 4.71. The zero-order chi connectivity index (χ0) is 10.1. The first-order valence-electron chi connectivity index (χ1n) is 4.71. The second kappa shape index (κ2) is 3.25. The molecule has 0 bridgehead atoms. The molecule has 0 saturated heterocycles. The van der Waals surface area contributed by atoms with Crippen molar-refractivity contribution in [1.82, 2.24) is 9.97 Å². The van der Waals surface area contributed by atoms with E-state index in [0.29, 0.717) is 5.82 Å². The summed E-state index contributed by atoms with van der Waals surface area (Å²) in [6.07, 6.45) is 0.930. The first-order chi connectivity index (χ1) is 6.72. The number of aryl methyl sites for hydroxylation is 1. The molecule has 0 spiro atoms. The Bertz CT molecular complexity index is 485. The molecule has 0 radical (unpaired) electrons. The van der Waals surface area contributed by atoms with Gasteiger partial charge in [0.15, 0.2) is 11.6 Å². The predicted molar refractivity (Wildman–Crippen MR) is 55.5 cm³/mol. The number of imidazole rings is 1. The molecule has 0 saturated carbocycles. The molecule has 1 N–H and O–H groups in total. The van der Waals surface area contributed by atoms with Gasteiger partial charge in [0, 0.05) is 6.92 Å². The van der Waals surface area contributed by atoms with E-state index in [1.165, 1.54) is 12.5 Å². The van der Waals surface area contributed by atoms with Gasteiger partial charge in [-0.25, -0.2) is 4.98 Å². The molecule has 1 aromatic heterocycles. The monoisotopic (exact) mass is 188 g/mol. The van der Waals surface area contributed by atoms with E-state index in [1.54, 1.807) is 0 Å². The number of aromatic nitrogens is 2. The highest BCUT2D eigenvalue weighted by Crippen LogP contribution is 2.16. The summed E-state index contributed by atoms with van der Waals surface area (Å²) in [6, 6.07) is 5.95. The number of hydrogen-bond acceptors (Lipinski definition) is 2. The highest BCUT2D eigenvalue weighted by Gasteiger charge is 2.08. The number of nitrogens with zero attached hydrogens (tertiary/aromatic N) is 1. The Morgan fingerprint density at radius 2 is 2.29 bits per heavy atom. The zero-order valence-corrected chi connectivity index (χ0v) is 8.29. The third-order valence-corrected chi connectivity index (χ3v) is 2.31. The number of fused-ring (bicyclic) bond motifs is 1. The Morgan fingerprint density at radius 3 is 2.93 bits per heavy atom. The molecule has 3 heteroatoms. The van der Waals surface area contributed by atoms with Crippen molar-refractivity contribution in [2.24, 2.45) is 0 Å². The van der Waals surface area contributed by atoms with Crippen LogP contribution in [0.2, 0.25) is 0 Å². The van der Waals surface area contributed by atoms with Gasteiger partial charge in [-0.05, 0) is 18.1 Å². The van der Waals surface area contributed by atoms with Gasteiger partial charge in [-0.3, -0.25) is 4.79 Å². The van der Waals surface area contributed by atoms with Crippen LogP contribution in [0, 0.1) is 0 Å². The van der Waals surface area contributed by atoms with Crippen LogP contribution in [0.5, 0.6) is 0 Å². The van der Waals surface area contributed by atoms with Crippen molar-refractivity contribution in [3.05, 3.63) is 29.6 Å². The van der Waals surface area contributed by atoms with Gasteiger partial charge in [-0.15, -0.1) is 0 Å². The Balaban J connectivity index is 2.70. The molecular formula is C11H12N2O. The summed E-state index contributed by atoms with van der Waals surface area (Å²) in [5.74, 6) is 0.421. The molecule has 0 atom stereocenters. The number of aromatic amines is 1. The second-order valence-electron chi connectivity index (χ2n) is 3.31. The van der Waals surface area contributed by atoms with Crippen LogP contribution in [-0.4, -0.2) is 15.8 Å². The summed E-state index contributed by atoms with van der Waals surface area (Å²) in [5, 5.41) is 0. The van der Waals surface area contributed by atoms with E-state index < -0.39 is 0 Å². The van der Waals surface area contributed by atoms with Gasteiger partial charge in [-0.1, -0.05) is 19.1 Å². The molecule has 0 fully saturated rings. The van der Waals surface area contributed by atoms with Gasteiger partial charge in [0.2, 0.25) is 0 Å². The zero-order valence-electron chi connectivity index (χ0n) is 8.29. The lowest BCUT2D eigenvalue weighted by Crippen LogP contribution is -1.93. The molecule has 72 valence electrons. The van der Waals surface area contributed by atoms with Crippen LogP contribution in [0.4, 0.5) is 0 Å². The maximum Gasteiger partial charge on any atom is 0.195 e. The quantitative estimate of drug-likeness (QED) is 0.735. The Kier molecular flexibility index (Phi) is 2.08. The molecule has 0 unspecified atom stereocenters. The van der Waals surface area contributed by atoms with Crippen LogP contribution < -0.4 is 0 Å². The number of ketones is 1. The molecule has 0 aliphatic rings.